The van der Waals surface area contributed by atoms with Gasteiger partial charge in [0.15, 0.2) is 0 Å². The lowest BCUT2D eigenvalue weighted by Gasteiger charge is -2.16. The third-order valence-electron chi connectivity index (χ3n) is 2.71. The van der Waals surface area contributed by atoms with Crippen molar-refractivity contribution in [2.45, 2.75) is 26.1 Å². The fourth-order valence-corrected chi connectivity index (χ4v) is 2.24. The molecule has 0 saturated carbocycles. The van der Waals surface area contributed by atoms with Gasteiger partial charge in [-0.1, -0.05) is 6.08 Å². The molecule has 20 heavy (non-hydrogen) atoms. The Labute approximate surface area is 125 Å². The van der Waals surface area contributed by atoms with Crippen LogP contribution in [0.2, 0.25) is 0 Å². The van der Waals surface area contributed by atoms with Gasteiger partial charge in [-0.2, -0.15) is 10.2 Å². The highest BCUT2D eigenvalue weighted by atomic mass is 79.9. The molecule has 0 radical (unpaired) electrons. The molecule has 2 rings (SSSR count). The lowest BCUT2D eigenvalue weighted by Crippen LogP contribution is -2.27. The summed E-state index contributed by atoms with van der Waals surface area (Å²) in [5.74, 6) is 0. The summed E-state index contributed by atoms with van der Waals surface area (Å²) in [4.78, 5) is 12.0. The SMILES string of the molecule is C=CCn1ncc(NC(C)Cn2cccn2)c(Br)c1=O. The second kappa shape index (κ2) is 6.51. The molecule has 0 fully saturated rings. The number of nitrogens with one attached hydrogen (secondary N) is 1. The number of anilines is 1. The molecule has 0 aliphatic rings. The standard InChI is InChI=1S/C13H16BrN5O/c1-3-6-19-13(20)12(14)11(8-16-19)17-10(2)9-18-7-4-5-15-18/h3-5,7-8,10,17H,1,6,9H2,2H3. The van der Waals surface area contributed by atoms with Crippen molar-refractivity contribution in [3.05, 3.63) is 52.1 Å². The molecule has 2 aromatic rings. The van der Waals surface area contributed by atoms with Crippen molar-refractivity contribution in [3.8, 4) is 0 Å². The maximum Gasteiger partial charge on any atom is 0.283 e. The van der Waals surface area contributed by atoms with Crippen molar-refractivity contribution in [2.75, 3.05) is 5.32 Å². The molecule has 1 atom stereocenters. The van der Waals surface area contributed by atoms with E-state index in [-0.39, 0.29) is 11.6 Å². The Balaban J connectivity index is 2.11. The minimum Gasteiger partial charge on any atom is -0.378 e. The second-order valence-electron chi connectivity index (χ2n) is 4.42. The predicted molar refractivity (Wildman–Crippen MR) is 81.7 cm³/mol. The van der Waals surface area contributed by atoms with Crippen LogP contribution in [-0.4, -0.2) is 25.6 Å². The second-order valence-corrected chi connectivity index (χ2v) is 5.21. The number of nitrogens with zero attached hydrogens (tertiary/aromatic N) is 4. The van der Waals surface area contributed by atoms with Crippen LogP contribution in [0.1, 0.15) is 6.92 Å². The largest absolute Gasteiger partial charge is 0.378 e. The highest BCUT2D eigenvalue weighted by Crippen LogP contribution is 2.17. The first-order chi connectivity index (χ1) is 9.61. The molecule has 0 spiro atoms. The number of rotatable bonds is 6. The summed E-state index contributed by atoms with van der Waals surface area (Å²) < 4.78 is 3.65. The third kappa shape index (κ3) is 3.36. The third-order valence-corrected chi connectivity index (χ3v) is 3.48. The zero-order chi connectivity index (χ0) is 14.5. The van der Waals surface area contributed by atoms with Crippen molar-refractivity contribution in [3.63, 3.8) is 0 Å². The zero-order valence-electron chi connectivity index (χ0n) is 11.2. The van der Waals surface area contributed by atoms with Gasteiger partial charge in [-0.15, -0.1) is 6.58 Å². The van der Waals surface area contributed by atoms with E-state index in [1.807, 2.05) is 23.9 Å². The Morgan fingerprint density at radius 1 is 1.55 bits per heavy atom. The Kier molecular flexibility index (Phi) is 4.73. The predicted octanol–water partition coefficient (Wildman–Crippen LogP) is 1.89. The van der Waals surface area contributed by atoms with Gasteiger partial charge in [0.25, 0.3) is 5.56 Å². The maximum absolute atomic E-state index is 12.0. The molecular weight excluding hydrogens is 322 g/mol. The van der Waals surface area contributed by atoms with Gasteiger partial charge in [-0.3, -0.25) is 9.48 Å². The van der Waals surface area contributed by atoms with E-state index in [0.29, 0.717) is 23.2 Å². The van der Waals surface area contributed by atoms with Gasteiger partial charge < -0.3 is 5.32 Å². The van der Waals surface area contributed by atoms with Gasteiger partial charge in [-0.25, -0.2) is 4.68 Å². The molecule has 0 bridgehead atoms. The highest BCUT2D eigenvalue weighted by Gasteiger charge is 2.11. The van der Waals surface area contributed by atoms with E-state index < -0.39 is 0 Å². The topological polar surface area (TPSA) is 64.7 Å². The van der Waals surface area contributed by atoms with E-state index in [4.69, 9.17) is 0 Å². The summed E-state index contributed by atoms with van der Waals surface area (Å²) in [6.07, 6.45) is 6.90. The summed E-state index contributed by atoms with van der Waals surface area (Å²) in [6.45, 7) is 6.71. The molecule has 0 aliphatic heterocycles. The summed E-state index contributed by atoms with van der Waals surface area (Å²) in [5, 5.41) is 11.5. The summed E-state index contributed by atoms with van der Waals surface area (Å²) in [7, 11) is 0. The Hall–Kier alpha value is -1.89. The molecule has 0 aliphatic carbocycles. The number of allylic oxidation sites excluding steroid dienone is 1. The minimum atomic E-state index is -0.179. The van der Waals surface area contributed by atoms with E-state index in [9.17, 15) is 4.79 Å². The average Bonchev–Trinajstić information content (AvgIpc) is 2.91. The van der Waals surface area contributed by atoms with E-state index in [1.54, 1.807) is 18.5 Å². The number of hydrogen-bond acceptors (Lipinski definition) is 4. The van der Waals surface area contributed by atoms with E-state index in [1.165, 1.54) is 4.68 Å². The average molecular weight is 338 g/mol. The Morgan fingerprint density at radius 3 is 3.00 bits per heavy atom. The van der Waals surface area contributed by atoms with Crippen molar-refractivity contribution in [1.29, 1.82) is 0 Å². The van der Waals surface area contributed by atoms with Crippen LogP contribution in [-0.2, 0) is 13.1 Å². The number of hydrogen-bond donors (Lipinski definition) is 1. The van der Waals surface area contributed by atoms with Crippen molar-refractivity contribution in [1.82, 2.24) is 19.6 Å². The monoisotopic (exact) mass is 337 g/mol. The van der Waals surface area contributed by atoms with Crippen LogP contribution in [0.3, 0.4) is 0 Å². The van der Waals surface area contributed by atoms with Crippen LogP contribution in [0.5, 0.6) is 0 Å². The molecule has 2 heterocycles. The van der Waals surface area contributed by atoms with Gasteiger partial charge in [0.2, 0.25) is 0 Å². The lowest BCUT2D eigenvalue weighted by molar-refractivity contribution is 0.559. The fraction of sp³-hybridized carbons (Fsp3) is 0.308. The van der Waals surface area contributed by atoms with E-state index in [2.05, 4.69) is 38.0 Å². The molecule has 1 unspecified atom stereocenters. The van der Waals surface area contributed by atoms with Crippen LogP contribution in [0.25, 0.3) is 0 Å². The fourth-order valence-electron chi connectivity index (χ4n) is 1.82. The first-order valence-corrected chi connectivity index (χ1v) is 7.01. The molecule has 0 saturated heterocycles. The smallest absolute Gasteiger partial charge is 0.283 e. The van der Waals surface area contributed by atoms with Gasteiger partial charge in [0, 0.05) is 18.4 Å². The van der Waals surface area contributed by atoms with E-state index >= 15 is 0 Å². The van der Waals surface area contributed by atoms with Gasteiger partial charge in [0.05, 0.1) is 25.0 Å². The summed E-state index contributed by atoms with van der Waals surface area (Å²) >= 11 is 3.31. The Bertz CT molecular complexity index is 635. The summed E-state index contributed by atoms with van der Waals surface area (Å²) in [5.41, 5.74) is 0.496. The van der Waals surface area contributed by atoms with Crippen LogP contribution in [0.4, 0.5) is 5.69 Å². The Morgan fingerprint density at radius 2 is 2.35 bits per heavy atom. The highest BCUT2D eigenvalue weighted by molar-refractivity contribution is 9.10. The molecule has 1 N–H and O–H groups in total. The van der Waals surface area contributed by atoms with Crippen LogP contribution in [0.15, 0.2) is 46.6 Å². The first kappa shape index (κ1) is 14.5. The number of aromatic nitrogens is 4. The van der Waals surface area contributed by atoms with Crippen molar-refractivity contribution in [2.24, 2.45) is 0 Å². The molecule has 7 heteroatoms. The molecule has 6 nitrogen and oxygen atoms in total. The van der Waals surface area contributed by atoms with Crippen molar-refractivity contribution < 1.29 is 0 Å². The van der Waals surface area contributed by atoms with Gasteiger partial charge in [0.1, 0.15) is 4.47 Å². The first-order valence-electron chi connectivity index (χ1n) is 6.22. The van der Waals surface area contributed by atoms with E-state index in [0.717, 1.165) is 0 Å². The summed E-state index contributed by atoms with van der Waals surface area (Å²) in [6, 6.07) is 1.99. The van der Waals surface area contributed by atoms with Crippen LogP contribution >= 0.6 is 15.9 Å². The van der Waals surface area contributed by atoms with Crippen LogP contribution < -0.4 is 10.9 Å². The molecule has 106 valence electrons. The number of halogens is 1. The molecule has 0 amide bonds. The lowest BCUT2D eigenvalue weighted by atomic mass is 10.3. The molecular formula is C13H16BrN5O. The normalized spacial score (nSPS) is 12.1. The van der Waals surface area contributed by atoms with Gasteiger partial charge >= 0.3 is 0 Å². The molecule has 2 aromatic heterocycles. The van der Waals surface area contributed by atoms with Crippen LogP contribution in [0, 0.1) is 0 Å². The zero-order valence-corrected chi connectivity index (χ0v) is 12.7. The maximum atomic E-state index is 12.0. The van der Waals surface area contributed by atoms with Gasteiger partial charge in [-0.05, 0) is 28.9 Å². The van der Waals surface area contributed by atoms with Crippen molar-refractivity contribution >= 4 is 21.6 Å². The molecule has 0 aromatic carbocycles. The minimum absolute atomic E-state index is 0.114. The quantitative estimate of drug-likeness (QED) is 0.817.